The number of hydrogen-bond donors (Lipinski definition) is 1. The molecular formula is C28H30ClFN6O. The first-order valence-electron chi connectivity index (χ1n) is 12.9. The van der Waals surface area contributed by atoms with Gasteiger partial charge in [-0.1, -0.05) is 41.9 Å². The zero-order valence-electron chi connectivity index (χ0n) is 20.9. The van der Waals surface area contributed by atoms with E-state index < -0.39 is 5.82 Å². The molecule has 2 fully saturated rings. The highest BCUT2D eigenvalue weighted by Gasteiger charge is 2.24. The van der Waals surface area contributed by atoms with Crippen LogP contribution in [0.25, 0.3) is 32.9 Å². The third-order valence-electron chi connectivity index (χ3n) is 7.52. The Labute approximate surface area is 220 Å². The number of likely N-dealkylation sites (tertiary alicyclic amines) is 1. The minimum Gasteiger partial charge on any atom is -0.463 e. The van der Waals surface area contributed by atoms with Crippen molar-refractivity contribution in [1.29, 1.82) is 0 Å². The summed E-state index contributed by atoms with van der Waals surface area (Å²) in [6, 6.07) is 12.1. The van der Waals surface area contributed by atoms with Gasteiger partial charge in [0.1, 0.15) is 17.0 Å². The van der Waals surface area contributed by atoms with Crippen molar-refractivity contribution in [1.82, 2.24) is 25.2 Å². The lowest BCUT2D eigenvalue weighted by atomic mass is 10.0. The van der Waals surface area contributed by atoms with E-state index in [9.17, 15) is 0 Å². The maximum Gasteiger partial charge on any atom is 0.319 e. The van der Waals surface area contributed by atoms with E-state index in [1.54, 1.807) is 6.20 Å². The lowest BCUT2D eigenvalue weighted by molar-refractivity contribution is 0.223. The number of anilines is 1. The minimum absolute atomic E-state index is 0.202. The number of aromatic nitrogens is 3. The average Bonchev–Trinajstić information content (AvgIpc) is 3.33. The monoisotopic (exact) mass is 520 g/mol. The van der Waals surface area contributed by atoms with E-state index in [1.165, 1.54) is 12.8 Å². The van der Waals surface area contributed by atoms with Gasteiger partial charge in [-0.05, 0) is 44.3 Å². The SMILES string of the molecule is CN1CCCC1CCOc1nc(N2CCNCC2)c2cnc(-c3cccc4cccc(Cl)c34)c(F)c2n1. The number of pyridine rings is 1. The summed E-state index contributed by atoms with van der Waals surface area (Å²) in [6.45, 7) is 4.79. The molecule has 7 nitrogen and oxygen atoms in total. The van der Waals surface area contributed by atoms with E-state index in [0.717, 1.165) is 49.9 Å². The Morgan fingerprint density at radius 2 is 1.92 bits per heavy atom. The third-order valence-corrected chi connectivity index (χ3v) is 7.84. The van der Waals surface area contributed by atoms with Crippen LogP contribution in [0.4, 0.5) is 10.2 Å². The van der Waals surface area contributed by atoms with E-state index in [0.29, 0.717) is 34.4 Å². The summed E-state index contributed by atoms with van der Waals surface area (Å²) >= 11 is 6.54. The highest BCUT2D eigenvalue weighted by molar-refractivity contribution is 6.36. The highest BCUT2D eigenvalue weighted by atomic mass is 35.5. The molecule has 192 valence electrons. The van der Waals surface area contributed by atoms with E-state index in [4.69, 9.17) is 21.3 Å². The van der Waals surface area contributed by atoms with Crippen molar-refractivity contribution in [2.45, 2.75) is 25.3 Å². The van der Waals surface area contributed by atoms with Gasteiger partial charge < -0.3 is 19.9 Å². The molecule has 0 saturated carbocycles. The summed E-state index contributed by atoms with van der Waals surface area (Å²) in [6.07, 6.45) is 4.94. The molecule has 2 aromatic carbocycles. The molecule has 2 aliphatic rings. The maximum atomic E-state index is 16.3. The van der Waals surface area contributed by atoms with Crippen LogP contribution in [0.1, 0.15) is 19.3 Å². The zero-order valence-corrected chi connectivity index (χ0v) is 21.6. The van der Waals surface area contributed by atoms with Gasteiger partial charge in [-0.2, -0.15) is 9.97 Å². The Balaban J connectivity index is 1.43. The maximum absolute atomic E-state index is 16.3. The molecule has 1 atom stereocenters. The normalized spacial score (nSPS) is 18.7. The lowest BCUT2D eigenvalue weighted by Crippen LogP contribution is -2.44. The number of rotatable bonds is 6. The predicted octanol–water partition coefficient (Wildman–Crippen LogP) is 4.91. The molecule has 0 spiro atoms. The first kappa shape index (κ1) is 24.3. The van der Waals surface area contributed by atoms with Crippen LogP contribution in [0.2, 0.25) is 5.02 Å². The predicted molar refractivity (Wildman–Crippen MR) is 146 cm³/mol. The Morgan fingerprint density at radius 3 is 2.70 bits per heavy atom. The summed E-state index contributed by atoms with van der Waals surface area (Å²) in [5, 5.41) is 6.19. The number of halogens is 2. The van der Waals surface area contributed by atoms with Gasteiger partial charge in [0.2, 0.25) is 0 Å². The smallest absolute Gasteiger partial charge is 0.319 e. The first-order chi connectivity index (χ1) is 18.1. The highest BCUT2D eigenvalue weighted by Crippen LogP contribution is 2.37. The summed E-state index contributed by atoms with van der Waals surface area (Å²) in [5.41, 5.74) is 1.07. The minimum atomic E-state index is -0.496. The number of ether oxygens (including phenoxy) is 1. The topological polar surface area (TPSA) is 66.4 Å². The quantitative estimate of drug-likeness (QED) is 0.387. The fraction of sp³-hybridized carbons (Fsp3) is 0.393. The molecule has 4 aromatic rings. The largest absolute Gasteiger partial charge is 0.463 e. The van der Waals surface area contributed by atoms with Gasteiger partial charge in [0, 0.05) is 54.4 Å². The molecule has 4 heterocycles. The Bertz CT molecular complexity index is 1440. The van der Waals surface area contributed by atoms with Gasteiger partial charge in [-0.15, -0.1) is 0 Å². The second-order valence-electron chi connectivity index (χ2n) is 9.81. The van der Waals surface area contributed by atoms with Crippen LogP contribution in [0, 0.1) is 5.82 Å². The first-order valence-corrected chi connectivity index (χ1v) is 13.3. The van der Waals surface area contributed by atoms with Crippen molar-refractivity contribution in [2.75, 3.05) is 51.3 Å². The summed E-state index contributed by atoms with van der Waals surface area (Å²) < 4.78 is 22.3. The van der Waals surface area contributed by atoms with Crippen LogP contribution in [0.15, 0.2) is 42.6 Å². The molecule has 9 heteroatoms. The van der Waals surface area contributed by atoms with Crippen molar-refractivity contribution in [2.24, 2.45) is 0 Å². The average molecular weight is 521 g/mol. The summed E-state index contributed by atoms with van der Waals surface area (Å²) in [7, 11) is 2.15. The fourth-order valence-electron chi connectivity index (χ4n) is 5.51. The van der Waals surface area contributed by atoms with Gasteiger partial charge in [-0.25, -0.2) is 4.39 Å². The molecular weight excluding hydrogens is 491 g/mol. The van der Waals surface area contributed by atoms with Crippen LogP contribution < -0.4 is 15.0 Å². The number of nitrogens with zero attached hydrogens (tertiary/aromatic N) is 5. The van der Waals surface area contributed by atoms with Crippen molar-refractivity contribution in [3.63, 3.8) is 0 Å². The second kappa shape index (κ2) is 10.4. The van der Waals surface area contributed by atoms with Crippen LogP contribution in [0.3, 0.4) is 0 Å². The van der Waals surface area contributed by atoms with Crippen LogP contribution >= 0.6 is 11.6 Å². The lowest BCUT2D eigenvalue weighted by Gasteiger charge is -2.29. The molecule has 0 amide bonds. The van der Waals surface area contributed by atoms with Gasteiger partial charge in [0.25, 0.3) is 0 Å². The van der Waals surface area contributed by atoms with E-state index in [2.05, 4.69) is 32.1 Å². The standard InChI is InChI=1S/C28H30ClFN6O/c1-35-13-4-7-19(35)10-16-37-28-33-26-21(27(34-28)36-14-11-31-12-15-36)17-32-25(24(26)30)20-8-2-5-18-6-3-9-22(29)23(18)20/h2-3,5-6,8-9,17,19,31H,4,7,10-16H2,1H3. The molecule has 2 aliphatic heterocycles. The van der Waals surface area contributed by atoms with Crippen molar-refractivity contribution in [3.05, 3.63) is 53.4 Å². The Kier molecular flexibility index (Phi) is 6.80. The molecule has 0 bridgehead atoms. The van der Waals surface area contributed by atoms with Crippen molar-refractivity contribution in [3.8, 4) is 17.3 Å². The molecule has 0 radical (unpaired) electrons. The van der Waals surface area contributed by atoms with Crippen molar-refractivity contribution >= 4 is 39.1 Å². The number of benzene rings is 2. The number of hydrogen-bond acceptors (Lipinski definition) is 7. The number of piperazine rings is 1. The van der Waals surface area contributed by atoms with E-state index in [1.807, 2.05) is 36.4 Å². The molecule has 2 saturated heterocycles. The Hall–Kier alpha value is -3.07. The van der Waals surface area contributed by atoms with Crippen molar-refractivity contribution < 1.29 is 9.13 Å². The molecule has 37 heavy (non-hydrogen) atoms. The number of nitrogens with one attached hydrogen (secondary N) is 1. The molecule has 1 N–H and O–H groups in total. The summed E-state index contributed by atoms with van der Waals surface area (Å²) in [5.74, 6) is 0.164. The molecule has 6 rings (SSSR count). The summed E-state index contributed by atoms with van der Waals surface area (Å²) in [4.78, 5) is 18.4. The van der Waals surface area contributed by atoms with Gasteiger partial charge >= 0.3 is 6.01 Å². The zero-order chi connectivity index (χ0) is 25.4. The Morgan fingerprint density at radius 1 is 1.11 bits per heavy atom. The van der Waals surface area contributed by atoms with Gasteiger partial charge in [-0.3, -0.25) is 4.98 Å². The molecule has 2 aromatic heterocycles. The van der Waals surface area contributed by atoms with E-state index >= 15 is 4.39 Å². The van der Waals surface area contributed by atoms with Gasteiger partial charge in [0.15, 0.2) is 5.82 Å². The number of fused-ring (bicyclic) bond motifs is 2. The molecule has 0 aliphatic carbocycles. The van der Waals surface area contributed by atoms with Crippen LogP contribution in [-0.2, 0) is 0 Å². The third kappa shape index (κ3) is 4.69. The fourth-order valence-corrected chi connectivity index (χ4v) is 5.80. The van der Waals surface area contributed by atoms with E-state index in [-0.39, 0.29) is 17.2 Å². The van der Waals surface area contributed by atoms with Crippen LogP contribution in [-0.4, -0.2) is 72.3 Å². The van der Waals surface area contributed by atoms with Crippen LogP contribution in [0.5, 0.6) is 6.01 Å². The second-order valence-corrected chi connectivity index (χ2v) is 10.2. The molecule has 1 unspecified atom stereocenters. The van der Waals surface area contributed by atoms with Gasteiger partial charge in [0.05, 0.1) is 12.0 Å².